The zero-order valence-corrected chi connectivity index (χ0v) is 50.0. The van der Waals surface area contributed by atoms with Crippen LogP contribution in [-0.2, 0) is 0 Å². The SMILES string of the molecule is c1ccc(-n2ccc3c4ccccc4n(-c4ccc(-c5ccc(-n6c7ccccc7c7ccn(-c8cccc(-c9cc%10c%11ccccc%11n(-c%11cc(-n%12c%13ccccc%13c%13cnccc%13%12)cc(-n%12c%13ccccc%13c%13ncccc%13%12)c%11)c%10cn9)c8)c76)cc5)cc4)c32)cc1. The fraction of sp³-hybridized carbons (Fsp3) is 0. The summed E-state index contributed by atoms with van der Waals surface area (Å²) in [6, 6.07) is 101. The molecule has 0 saturated heterocycles. The molecule has 0 aliphatic heterocycles. The van der Waals surface area contributed by atoms with E-state index in [9.17, 15) is 0 Å². The first-order chi connectivity index (χ1) is 46.1. The summed E-state index contributed by atoms with van der Waals surface area (Å²) in [5.74, 6) is 0. The van der Waals surface area contributed by atoms with Crippen molar-refractivity contribution in [3.63, 3.8) is 0 Å². The van der Waals surface area contributed by atoms with Gasteiger partial charge in [0.05, 0.1) is 78.6 Å². The van der Waals surface area contributed by atoms with Crippen molar-refractivity contribution in [2.75, 3.05) is 0 Å². The monoisotopic (exact) mass is 1190 g/mol. The molecule has 93 heavy (non-hydrogen) atoms. The van der Waals surface area contributed by atoms with Crippen LogP contribution in [0, 0.1) is 0 Å². The van der Waals surface area contributed by atoms with Gasteiger partial charge in [-0.25, -0.2) is 0 Å². The Balaban J connectivity index is 0.687. The van der Waals surface area contributed by atoms with Crippen LogP contribution < -0.4 is 0 Å². The quantitative estimate of drug-likeness (QED) is 0.145. The number of hydrogen-bond donors (Lipinski definition) is 0. The predicted octanol–water partition coefficient (Wildman–Crippen LogP) is 20.3. The molecule has 10 nitrogen and oxygen atoms in total. The second-order valence-electron chi connectivity index (χ2n) is 24.1. The number of fused-ring (bicyclic) bond motifs is 15. The Bertz CT molecular complexity index is 6180. The summed E-state index contributed by atoms with van der Waals surface area (Å²) in [5.41, 5.74) is 23.6. The van der Waals surface area contributed by atoms with Crippen LogP contribution in [0.15, 0.2) is 316 Å². The molecule has 0 amide bonds. The van der Waals surface area contributed by atoms with Gasteiger partial charge in [-0.3, -0.25) is 24.1 Å². The summed E-state index contributed by atoms with van der Waals surface area (Å²) in [6.07, 6.45) is 12.2. The van der Waals surface area contributed by atoms with E-state index in [1.165, 1.54) is 27.1 Å². The fourth-order valence-corrected chi connectivity index (χ4v) is 15.1. The van der Waals surface area contributed by atoms with Crippen LogP contribution in [0.1, 0.15) is 0 Å². The van der Waals surface area contributed by atoms with Gasteiger partial charge in [-0.2, -0.15) is 0 Å². The van der Waals surface area contributed by atoms with Crippen molar-refractivity contribution in [1.29, 1.82) is 0 Å². The van der Waals surface area contributed by atoms with E-state index >= 15 is 0 Å². The molecular formula is C83H52N10. The van der Waals surface area contributed by atoms with Crippen molar-refractivity contribution in [1.82, 2.24) is 46.9 Å². The maximum atomic E-state index is 5.38. The molecule has 0 aliphatic rings. The summed E-state index contributed by atoms with van der Waals surface area (Å²) in [7, 11) is 0. The lowest BCUT2D eigenvalue weighted by Gasteiger charge is -2.17. The molecule has 0 radical (unpaired) electrons. The van der Waals surface area contributed by atoms with E-state index in [-0.39, 0.29) is 0 Å². The maximum absolute atomic E-state index is 5.38. The maximum Gasteiger partial charge on any atom is 0.130 e. The zero-order chi connectivity index (χ0) is 60.8. The molecule has 20 aromatic rings. The van der Waals surface area contributed by atoms with Crippen molar-refractivity contribution in [3.05, 3.63) is 316 Å². The Morgan fingerprint density at radius 3 is 1.29 bits per heavy atom. The molecule has 0 spiro atoms. The van der Waals surface area contributed by atoms with Gasteiger partial charge in [-0.1, -0.05) is 146 Å². The molecular weight excluding hydrogens is 1140 g/mol. The molecule has 10 aromatic heterocycles. The smallest absolute Gasteiger partial charge is 0.130 e. The Labute approximate surface area is 531 Å². The van der Waals surface area contributed by atoms with Gasteiger partial charge < -0.3 is 22.8 Å². The average molecular weight is 1190 g/mol. The van der Waals surface area contributed by atoms with E-state index in [4.69, 9.17) is 9.97 Å². The normalized spacial score (nSPS) is 12.1. The first-order valence-corrected chi connectivity index (χ1v) is 31.5. The summed E-state index contributed by atoms with van der Waals surface area (Å²) in [4.78, 5) is 14.9. The molecule has 0 N–H and O–H groups in total. The van der Waals surface area contributed by atoms with Crippen molar-refractivity contribution in [2.24, 2.45) is 0 Å². The van der Waals surface area contributed by atoms with Crippen molar-refractivity contribution in [3.8, 4) is 62.2 Å². The van der Waals surface area contributed by atoms with Gasteiger partial charge in [0.2, 0.25) is 0 Å². The lowest BCUT2D eigenvalue weighted by Crippen LogP contribution is -2.03. The highest BCUT2D eigenvalue weighted by molar-refractivity contribution is 6.13. The first-order valence-electron chi connectivity index (χ1n) is 31.5. The highest BCUT2D eigenvalue weighted by Gasteiger charge is 2.23. The van der Waals surface area contributed by atoms with Gasteiger partial charge in [0.25, 0.3) is 0 Å². The Morgan fingerprint density at radius 1 is 0.226 bits per heavy atom. The molecule has 0 bridgehead atoms. The van der Waals surface area contributed by atoms with E-state index in [0.717, 1.165) is 145 Å². The highest BCUT2D eigenvalue weighted by Crippen LogP contribution is 2.42. The number of para-hydroxylation sites is 6. The molecule has 10 heterocycles. The molecule has 434 valence electrons. The second kappa shape index (κ2) is 19.9. The van der Waals surface area contributed by atoms with E-state index < -0.39 is 0 Å². The van der Waals surface area contributed by atoms with Gasteiger partial charge in [0, 0.05) is 108 Å². The lowest BCUT2D eigenvalue weighted by molar-refractivity contribution is 1.04. The number of hydrogen-bond acceptors (Lipinski definition) is 3. The van der Waals surface area contributed by atoms with Gasteiger partial charge in [0.15, 0.2) is 0 Å². The van der Waals surface area contributed by atoms with Gasteiger partial charge in [0.1, 0.15) is 11.3 Å². The Morgan fingerprint density at radius 2 is 0.688 bits per heavy atom. The van der Waals surface area contributed by atoms with Crippen LogP contribution in [-0.4, -0.2) is 46.9 Å². The van der Waals surface area contributed by atoms with Crippen molar-refractivity contribution >= 4 is 109 Å². The fourth-order valence-electron chi connectivity index (χ4n) is 15.1. The van der Waals surface area contributed by atoms with E-state index in [1.54, 1.807) is 0 Å². The van der Waals surface area contributed by atoms with Crippen LogP contribution in [0.3, 0.4) is 0 Å². The molecule has 20 rings (SSSR count). The van der Waals surface area contributed by atoms with Gasteiger partial charge in [-0.15, -0.1) is 0 Å². The van der Waals surface area contributed by atoms with Crippen molar-refractivity contribution in [2.45, 2.75) is 0 Å². The number of benzene rings is 10. The van der Waals surface area contributed by atoms with Crippen LogP contribution in [0.25, 0.3) is 172 Å². The van der Waals surface area contributed by atoms with Gasteiger partial charge >= 0.3 is 0 Å². The predicted molar refractivity (Wildman–Crippen MR) is 381 cm³/mol. The minimum Gasteiger partial charge on any atom is -0.309 e. The largest absolute Gasteiger partial charge is 0.309 e. The Kier molecular flexibility index (Phi) is 10.9. The topological polar surface area (TPSA) is 73.2 Å². The summed E-state index contributed by atoms with van der Waals surface area (Å²) >= 11 is 0. The molecule has 0 atom stereocenters. The standard InChI is InChI=1S/C83H52N10/c1-2-17-56(18-3-1)87-44-40-67-63-20-4-11-27-75(63)92(82(67)87)57-35-31-53(32-36-57)54-33-37-58(38-34-54)93-76-28-12-5-21-64(76)68-41-45-88(83(68)93)59-19-14-16-55(46-59)72-50-70-65-22-6-9-25-73(65)91(80(70)52-86-72)62-48-60(89-74-26-10-7-23-66(74)71-51-84-43-39-78(71)89)47-61(49-62)90-77-29-13-8-24-69(77)81-79(90)30-15-42-85-81/h1-52H. The number of aromatic nitrogens is 10. The molecule has 0 saturated carbocycles. The van der Waals surface area contributed by atoms with Crippen LogP contribution >= 0.6 is 0 Å². The van der Waals surface area contributed by atoms with Gasteiger partial charge in [-0.05, 0) is 145 Å². The third-order valence-corrected chi connectivity index (χ3v) is 19.2. The summed E-state index contributed by atoms with van der Waals surface area (Å²) in [5, 5.41) is 10.5. The molecule has 10 aromatic carbocycles. The number of pyridine rings is 3. The third-order valence-electron chi connectivity index (χ3n) is 19.2. The second-order valence-corrected chi connectivity index (χ2v) is 24.1. The minimum atomic E-state index is 0.891. The molecule has 0 fully saturated rings. The zero-order valence-electron chi connectivity index (χ0n) is 50.0. The minimum absolute atomic E-state index is 0.891. The highest BCUT2D eigenvalue weighted by atomic mass is 15.1. The third kappa shape index (κ3) is 7.60. The number of rotatable bonds is 9. The molecule has 0 unspecified atom stereocenters. The van der Waals surface area contributed by atoms with Crippen molar-refractivity contribution < 1.29 is 0 Å². The number of nitrogens with zero attached hydrogens (tertiary/aromatic N) is 10. The molecule has 10 heteroatoms. The lowest BCUT2D eigenvalue weighted by atomic mass is 10.0. The summed E-state index contributed by atoms with van der Waals surface area (Å²) < 4.78 is 16.6. The Hall–Kier alpha value is -12.8. The van der Waals surface area contributed by atoms with E-state index in [1.807, 2.05) is 24.7 Å². The van der Waals surface area contributed by atoms with Crippen LogP contribution in [0.2, 0.25) is 0 Å². The first kappa shape index (κ1) is 51.1. The summed E-state index contributed by atoms with van der Waals surface area (Å²) in [6.45, 7) is 0. The average Bonchev–Trinajstić information content (AvgIpc) is 1.62. The van der Waals surface area contributed by atoms with E-state index in [2.05, 4.69) is 329 Å². The van der Waals surface area contributed by atoms with Crippen LogP contribution in [0.5, 0.6) is 0 Å². The van der Waals surface area contributed by atoms with E-state index in [0.29, 0.717) is 0 Å². The van der Waals surface area contributed by atoms with Crippen LogP contribution in [0.4, 0.5) is 0 Å². The molecule has 0 aliphatic carbocycles.